The van der Waals surface area contributed by atoms with Gasteiger partial charge in [-0.1, -0.05) is 6.07 Å². The van der Waals surface area contributed by atoms with Gasteiger partial charge < -0.3 is 5.73 Å². The van der Waals surface area contributed by atoms with Crippen molar-refractivity contribution in [3.8, 4) is 0 Å². The summed E-state index contributed by atoms with van der Waals surface area (Å²) < 4.78 is 0. The van der Waals surface area contributed by atoms with Crippen molar-refractivity contribution in [2.24, 2.45) is 5.73 Å². The van der Waals surface area contributed by atoms with Gasteiger partial charge in [0.25, 0.3) is 0 Å². The van der Waals surface area contributed by atoms with E-state index in [-0.39, 0.29) is 5.84 Å². The van der Waals surface area contributed by atoms with Crippen LogP contribution in [0.25, 0.3) is 0 Å². The highest BCUT2D eigenvalue weighted by Gasteiger charge is 2.05. The molecule has 2 rings (SSSR count). The molecule has 3 N–H and O–H groups in total. The largest absolute Gasteiger partial charge is 0.382 e. The average Bonchev–Trinajstić information content (AvgIpc) is 2.27. The van der Waals surface area contributed by atoms with Crippen molar-refractivity contribution in [1.29, 1.82) is 5.41 Å². The van der Waals surface area contributed by atoms with Gasteiger partial charge in [-0.3, -0.25) is 5.41 Å². The Morgan fingerprint density at radius 1 is 1.17 bits per heavy atom. The smallest absolute Gasteiger partial charge is 0.194 e. The molecule has 0 aliphatic heterocycles. The lowest BCUT2D eigenvalue weighted by atomic mass is 10.3. The van der Waals surface area contributed by atoms with Crippen molar-refractivity contribution in [2.75, 3.05) is 0 Å². The van der Waals surface area contributed by atoms with Crippen LogP contribution in [0, 0.1) is 19.3 Å². The lowest BCUT2D eigenvalue weighted by Crippen LogP contribution is -2.13. The predicted octanol–water partition coefficient (Wildman–Crippen LogP) is 1.92. The summed E-state index contributed by atoms with van der Waals surface area (Å²) in [5.41, 5.74) is 7.71. The molecule has 0 spiro atoms. The van der Waals surface area contributed by atoms with Crippen molar-refractivity contribution in [3.05, 3.63) is 41.3 Å². The normalized spacial score (nSPS) is 10.3. The lowest BCUT2D eigenvalue weighted by molar-refractivity contribution is 0.898. The van der Waals surface area contributed by atoms with Gasteiger partial charge in [0, 0.05) is 11.4 Å². The van der Waals surface area contributed by atoms with E-state index in [9.17, 15) is 0 Å². The first-order chi connectivity index (χ1) is 8.54. The van der Waals surface area contributed by atoms with Crippen LogP contribution in [0.3, 0.4) is 0 Å². The molecular formula is C12H13N5S. The first-order valence-corrected chi connectivity index (χ1v) is 6.18. The fourth-order valence-electron chi connectivity index (χ4n) is 1.45. The maximum Gasteiger partial charge on any atom is 0.194 e. The first-order valence-electron chi connectivity index (χ1n) is 5.36. The van der Waals surface area contributed by atoms with Crippen LogP contribution in [0.15, 0.2) is 34.4 Å². The molecule has 0 aliphatic carbocycles. The fraction of sp³-hybridized carbons (Fsp3) is 0.167. The molecule has 0 radical (unpaired) electrons. The third kappa shape index (κ3) is 3.04. The molecule has 92 valence electrons. The Morgan fingerprint density at radius 3 is 2.44 bits per heavy atom. The summed E-state index contributed by atoms with van der Waals surface area (Å²) in [6, 6.07) is 7.28. The van der Waals surface area contributed by atoms with E-state index in [2.05, 4.69) is 15.0 Å². The standard InChI is InChI=1S/C12H13N5S/c1-7-6-8(2)16-12(15-7)18-10-5-3-4-9(17-10)11(13)14/h3-6H,1-2H3,(H3,13,14). The molecule has 2 aromatic rings. The highest BCUT2D eigenvalue weighted by molar-refractivity contribution is 7.99. The Bertz CT molecular complexity index is 577. The van der Waals surface area contributed by atoms with E-state index in [0.29, 0.717) is 10.9 Å². The van der Waals surface area contributed by atoms with Gasteiger partial charge in [-0.15, -0.1) is 0 Å². The van der Waals surface area contributed by atoms with Crippen molar-refractivity contribution in [2.45, 2.75) is 24.0 Å². The molecule has 0 aromatic carbocycles. The minimum Gasteiger partial charge on any atom is -0.382 e. The van der Waals surface area contributed by atoms with E-state index < -0.39 is 0 Å². The molecule has 0 amide bonds. The number of amidine groups is 1. The van der Waals surface area contributed by atoms with E-state index >= 15 is 0 Å². The molecule has 0 aliphatic rings. The van der Waals surface area contributed by atoms with Crippen LogP contribution >= 0.6 is 11.8 Å². The van der Waals surface area contributed by atoms with E-state index in [1.54, 1.807) is 6.07 Å². The minimum absolute atomic E-state index is 0.0428. The highest BCUT2D eigenvalue weighted by atomic mass is 32.2. The van der Waals surface area contributed by atoms with Gasteiger partial charge in [0.05, 0.1) is 0 Å². The predicted molar refractivity (Wildman–Crippen MR) is 70.9 cm³/mol. The monoisotopic (exact) mass is 259 g/mol. The zero-order valence-corrected chi connectivity index (χ0v) is 11.0. The molecule has 0 fully saturated rings. The first kappa shape index (κ1) is 12.5. The topological polar surface area (TPSA) is 88.5 Å². The lowest BCUT2D eigenvalue weighted by Gasteiger charge is -2.03. The number of aryl methyl sites for hydroxylation is 2. The molecule has 2 heterocycles. The number of aromatic nitrogens is 3. The number of nitrogens with zero attached hydrogens (tertiary/aromatic N) is 3. The van der Waals surface area contributed by atoms with Gasteiger partial charge in [-0.25, -0.2) is 15.0 Å². The molecule has 6 heteroatoms. The molecule has 0 saturated carbocycles. The second-order valence-electron chi connectivity index (χ2n) is 3.81. The van der Waals surface area contributed by atoms with E-state index in [4.69, 9.17) is 11.1 Å². The van der Waals surface area contributed by atoms with Crippen molar-refractivity contribution < 1.29 is 0 Å². The number of hydrogen-bond acceptors (Lipinski definition) is 5. The molecule has 0 saturated heterocycles. The number of pyridine rings is 1. The van der Waals surface area contributed by atoms with E-state index in [0.717, 1.165) is 16.4 Å². The van der Waals surface area contributed by atoms with Gasteiger partial charge in [0.2, 0.25) is 0 Å². The summed E-state index contributed by atoms with van der Waals surface area (Å²) in [6.07, 6.45) is 0. The maximum atomic E-state index is 7.35. The number of nitrogens with two attached hydrogens (primary N) is 1. The van der Waals surface area contributed by atoms with Crippen LogP contribution in [0.1, 0.15) is 17.1 Å². The quantitative estimate of drug-likeness (QED) is 0.499. The molecule has 0 bridgehead atoms. The Morgan fingerprint density at radius 2 is 1.83 bits per heavy atom. The fourth-order valence-corrected chi connectivity index (χ4v) is 2.31. The number of hydrogen-bond donors (Lipinski definition) is 2. The average molecular weight is 259 g/mol. The Kier molecular flexibility index (Phi) is 3.57. The molecule has 0 atom stereocenters. The second kappa shape index (κ2) is 5.14. The highest BCUT2D eigenvalue weighted by Crippen LogP contribution is 2.23. The van der Waals surface area contributed by atoms with Gasteiger partial charge in [0.15, 0.2) is 5.16 Å². The molecule has 0 unspecified atom stereocenters. The Labute approximate surface area is 109 Å². The zero-order chi connectivity index (χ0) is 13.1. The summed E-state index contributed by atoms with van der Waals surface area (Å²) >= 11 is 1.36. The van der Waals surface area contributed by atoms with Gasteiger partial charge in [-0.05, 0) is 43.8 Å². The maximum absolute atomic E-state index is 7.35. The Hall–Kier alpha value is -1.95. The van der Waals surface area contributed by atoms with Crippen LogP contribution in [-0.4, -0.2) is 20.8 Å². The SMILES string of the molecule is Cc1cc(C)nc(Sc2cccc(C(=N)N)n2)n1. The van der Waals surface area contributed by atoms with Crippen molar-refractivity contribution in [1.82, 2.24) is 15.0 Å². The summed E-state index contributed by atoms with van der Waals surface area (Å²) in [7, 11) is 0. The van der Waals surface area contributed by atoms with Gasteiger partial charge in [0.1, 0.15) is 16.6 Å². The Balaban J connectivity index is 2.28. The molecule has 18 heavy (non-hydrogen) atoms. The van der Waals surface area contributed by atoms with Crippen LogP contribution in [0.2, 0.25) is 0 Å². The number of nitrogen functional groups attached to an aromatic ring is 1. The van der Waals surface area contributed by atoms with Crippen LogP contribution in [0.5, 0.6) is 0 Å². The van der Waals surface area contributed by atoms with Crippen LogP contribution in [0.4, 0.5) is 0 Å². The molecule has 2 aromatic heterocycles. The van der Waals surface area contributed by atoms with Crippen LogP contribution in [-0.2, 0) is 0 Å². The summed E-state index contributed by atoms with van der Waals surface area (Å²) in [5.74, 6) is -0.0428. The third-order valence-corrected chi connectivity index (χ3v) is 2.96. The van der Waals surface area contributed by atoms with Gasteiger partial charge in [-0.2, -0.15) is 0 Å². The number of nitrogens with one attached hydrogen (secondary N) is 1. The van der Waals surface area contributed by atoms with E-state index in [1.165, 1.54) is 11.8 Å². The summed E-state index contributed by atoms with van der Waals surface area (Å²) in [5, 5.41) is 8.74. The minimum atomic E-state index is -0.0428. The van der Waals surface area contributed by atoms with Crippen molar-refractivity contribution in [3.63, 3.8) is 0 Å². The van der Waals surface area contributed by atoms with Gasteiger partial charge >= 0.3 is 0 Å². The third-order valence-electron chi connectivity index (χ3n) is 2.16. The summed E-state index contributed by atoms with van der Waals surface area (Å²) in [4.78, 5) is 12.9. The van der Waals surface area contributed by atoms with Crippen LogP contribution < -0.4 is 5.73 Å². The second-order valence-corrected chi connectivity index (χ2v) is 4.80. The molecule has 5 nitrogen and oxygen atoms in total. The summed E-state index contributed by atoms with van der Waals surface area (Å²) in [6.45, 7) is 3.86. The van der Waals surface area contributed by atoms with Crippen molar-refractivity contribution >= 4 is 17.6 Å². The molecular weight excluding hydrogens is 246 g/mol. The van der Waals surface area contributed by atoms with E-state index in [1.807, 2.05) is 32.0 Å². The number of rotatable bonds is 3. The zero-order valence-electron chi connectivity index (χ0n) is 10.1.